The quantitative estimate of drug-likeness (QED) is 0.480. The molecule has 3 aromatic carbocycles. The Balaban J connectivity index is 1.60. The molecule has 2 N–H and O–H groups in total. The van der Waals surface area contributed by atoms with E-state index in [0.29, 0.717) is 17.3 Å². The largest absolute Gasteiger partial charge is 0.482 e. The van der Waals surface area contributed by atoms with Crippen LogP contribution in [-0.2, 0) is 14.8 Å². The van der Waals surface area contributed by atoms with Crippen LogP contribution >= 0.6 is 11.6 Å². The molecular formula is C23H23ClN2O4S. The van der Waals surface area contributed by atoms with Crippen LogP contribution in [0.15, 0.2) is 77.7 Å². The Hall–Kier alpha value is -3.03. The molecule has 6 nitrogen and oxygen atoms in total. The normalized spacial score (nSPS) is 11.2. The van der Waals surface area contributed by atoms with Crippen LogP contribution in [-0.4, -0.2) is 20.9 Å². The third-order valence-corrected chi connectivity index (χ3v) is 6.13. The number of anilines is 2. The summed E-state index contributed by atoms with van der Waals surface area (Å²) >= 11 is 6.18. The molecule has 0 bridgehead atoms. The predicted molar refractivity (Wildman–Crippen MR) is 123 cm³/mol. The first-order valence-corrected chi connectivity index (χ1v) is 11.5. The molecular weight excluding hydrogens is 436 g/mol. The zero-order valence-electron chi connectivity index (χ0n) is 17.1. The van der Waals surface area contributed by atoms with Gasteiger partial charge in [-0.15, -0.1) is 0 Å². The molecule has 0 atom stereocenters. The Kier molecular flexibility index (Phi) is 7.20. The van der Waals surface area contributed by atoms with E-state index in [4.69, 9.17) is 16.3 Å². The fraction of sp³-hybridized carbons (Fsp3) is 0.174. The van der Waals surface area contributed by atoms with E-state index in [-0.39, 0.29) is 28.2 Å². The van der Waals surface area contributed by atoms with Crippen LogP contribution in [0.3, 0.4) is 0 Å². The van der Waals surface area contributed by atoms with Crippen molar-refractivity contribution in [3.05, 3.63) is 83.4 Å². The standard InChI is InChI=1S/C23H23ClN2O4S/c1-16(2)17-8-10-18(11-9-17)25-23(27)15-30-22-13-12-20(14-21(22)24)31(28,29)26-19-6-4-3-5-7-19/h3-14,16,26H,15H2,1-2H3,(H,25,27). The molecule has 0 aliphatic carbocycles. The third kappa shape index (κ3) is 6.23. The summed E-state index contributed by atoms with van der Waals surface area (Å²) in [7, 11) is -3.80. The molecule has 1 amide bonds. The number of hydrogen-bond donors (Lipinski definition) is 2. The van der Waals surface area contributed by atoms with Gasteiger partial charge in [-0.25, -0.2) is 8.42 Å². The van der Waals surface area contributed by atoms with Crippen molar-refractivity contribution in [2.24, 2.45) is 0 Å². The maximum Gasteiger partial charge on any atom is 0.262 e. The summed E-state index contributed by atoms with van der Waals surface area (Å²) < 4.78 is 33.0. The molecule has 0 radical (unpaired) electrons. The van der Waals surface area contributed by atoms with Crippen LogP contribution in [0.2, 0.25) is 5.02 Å². The van der Waals surface area contributed by atoms with Crippen molar-refractivity contribution in [2.45, 2.75) is 24.7 Å². The van der Waals surface area contributed by atoms with Gasteiger partial charge in [0, 0.05) is 11.4 Å². The van der Waals surface area contributed by atoms with Gasteiger partial charge < -0.3 is 10.1 Å². The van der Waals surface area contributed by atoms with E-state index >= 15 is 0 Å². The molecule has 8 heteroatoms. The minimum Gasteiger partial charge on any atom is -0.482 e. The molecule has 0 spiro atoms. The number of carbonyl (C=O) groups is 1. The average molecular weight is 459 g/mol. The van der Waals surface area contributed by atoms with Crippen molar-refractivity contribution in [3.63, 3.8) is 0 Å². The lowest BCUT2D eigenvalue weighted by Gasteiger charge is -2.12. The molecule has 0 saturated carbocycles. The Morgan fingerprint density at radius 2 is 1.65 bits per heavy atom. The molecule has 162 valence electrons. The van der Waals surface area contributed by atoms with E-state index in [1.807, 2.05) is 24.3 Å². The van der Waals surface area contributed by atoms with E-state index in [9.17, 15) is 13.2 Å². The number of sulfonamides is 1. The molecule has 3 rings (SSSR count). The zero-order chi connectivity index (χ0) is 22.4. The van der Waals surface area contributed by atoms with Crippen molar-refractivity contribution >= 4 is 38.9 Å². The molecule has 0 saturated heterocycles. The van der Waals surface area contributed by atoms with Crippen molar-refractivity contribution < 1.29 is 17.9 Å². The van der Waals surface area contributed by atoms with Crippen molar-refractivity contribution in [1.29, 1.82) is 0 Å². The van der Waals surface area contributed by atoms with Gasteiger partial charge in [0.05, 0.1) is 9.92 Å². The van der Waals surface area contributed by atoms with Gasteiger partial charge in [-0.1, -0.05) is 55.8 Å². The van der Waals surface area contributed by atoms with Crippen LogP contribution in [0.1, 0.15) is 25.3 Å². The number of ether oxygens (including phenoxy) is 1. The lowest BCUT2D eigenvalue weighted by atomic mass is 10.0. The van der Waals surface area contributed by atoms with E-state index in [2.05, 4.69) is 23.9 Å². The van der Waals surface area contributed by atoms with E-state index in [1.54, 1.807) is 30.3 Å². The highest BCUT2D eigenvalue weighted by Crippen LogP contribution is 2.28. The first-order chi connectivity index (χ1) is 14.7. The van der Waals surface area contributed by atoms with Crippen molar-refractivity contribution in [1.82, 2.24) is 0 Å². The molecule has 0 aliphatic rings. The number of amides is 1. The van der Waals surface area contributed by atoms with Gasteiger partial charge in [-0.2, -0.15) is 0 Å². The molecule has 31 heavy (non-hydrogen) atoms. The lowest BCUT2D eigenvalue weighted by Crippen LogP contribution is -2.20. The van der Waals surface area contributed by atoms with Gasteiger partial charge >= 0.3 is 0 Å². The second kappa shape index (κ2) is 9.85. The van der Waals surface area contributed by atoms with Gasteiger partial charge in [-0.3, -0.25) is 9.52 Å². The summed E-state index contributed by atoms with van der Waals surface area (Å²) in [5, 5.41) is 2.84. The molecule has 0 unspecified atom stereocenters. The second-order valence-electron chi connectivity index (χ2n) is 7.18. The van der Waals surface area contributed by atoms with Crippen LogP contribution in [0.25, 0.3) is 0 Å². The van der Waals surface area contributed by atoms with Crippen LogP contribution in [0.5, 0.6) is 5.75 Å². The second-order valence-corrected chi connectivity index (χ2v) is 9.27. The fourth-order valence-electron chi connectivity index (χ4n) is 2.78. The van der Waals surface area contributed by atoms with Gasteiger partial charge in [0.2, 0.25) is 0 Å². The monoisotopic (exact) mass is 458 g/mol. The maximum atomic E-state index is 12.5. The zero-order valence-corrected chi connectivity index (χ0v) is 18.7. The number of hydrogen-bond acceptors (Lipinski definition) is 4. The highest BCUT2D eigenvalue weighted by molar-refractivity contribution is 7.92. The lowest BCUT2D eigenvalue weighted by molar-refractivity contribution is -0.118. The summed E-state index contributed by atoms with van der Waals surface area (Å²) in [5.74, 6) is 0.270. The summed E-state index contributed by atoms with van der Waals surface area (Å²) in [5.41, 5.74) is 2.28. The summed E-state index contributed by atoms with van der Waals surface area (Å²) in [6, 6.07) is 20.2. The van der Waals surface area contributed by atoms with E-state index < -0.39 is 10.0 Å². The summed E-state index contributed by atoms with van der Waals surface area (Å²) in [6.45, 7) is 3.93. The van der Waals surface area contributed by atoms with E-state index in [0.717, 1.165) is 0 Å². The molecule has 0 aliphatic heterocycles. The van der Waals surface area contributed by atoms with Crippen LogP contribution in [0.4, 0.5) is 11.4 Å². The van der Waals surface area contributed by atoms with Crippen LogP contribution < -0.4 is 14.8 Å². The number of para-hydroxylation sites is 1. The average Bonchev–Trinajstić information content (AvgIpc) is 2.73. The Labute approximate surface area is 187 Å². The Morgan fingerprint density at radius 1 is 0.968 bits per heavy atom. The van der Waals surface area contributed by atoms with Gasteiger partial charge in [-0.05, 0) is 53.9 Å². The molecule has 0 heterocycles. The minimum atomic E-state index is -3.80. The topological polar surface area (TPSA) is 84.5 Å². The van der Waals surface area contributed by atoms with Crippen LogP contribution in [0, 0.1) is 0 Å². The minimum absolute atomic E-state index is 0.0107. The smallest absolute Gasteiger partial charge is 0.262 e. The molecule has 0 aromatic heterocycles. The Morgan fingerprint density at radius 3 is 2.26 bits per heavy atom. The molecule has 3 aromatic rings. The van der Waals surface area contributed by atoms with Gasteiger partial charge in [0.15, 0.2) is 6.61 Å². The predicted octanol–water partition coefficient (Wildman–Crippen LogP) is 5.28. The highest BCUT2D eigenvalue weighted by Gasteiger charge is 2.17. The number of benzene rings is 3. The molecule has 0 fully saturated rings. The SMILES string of the molecule is CC(C)c1ccc(NC(=O)COc2ccc(S(=O)(=O)Nc3ccccc3)cc2Cl)cc1. The summed E-state index contributed by atoms with van der Waals surface area (Å²) in [6.07, 6.45) is 0. The first-order valence-electron chi connectivity index (χ1n) is 9.64. The highest BCUT2D eigenvalue weighted by atomic mass is 35.5. The Bertz CT molecular complexity index is 1150. The van der Waals surface area contributed by atoms with Crippen molar-refractivity contribution in [2.75, 3.05) is 16.6 Å². The number of nitrogens with one attached hydrogen (secondary N) is 2. The van der Waals surface area contributed by atoms with Gasteiger partial charge in [0.1, 0.15) is 5.75 Å². The number of carbonyl (C=O) groups excluding carboxylic acids is 1. The fourth-order valence-corrected chi connectivity index (χ4v) is 4.16. The van der Waals surface area contributed by atoms with E-state index in [1.165, 1.54) is 23.8 Å². The maximum absolute atomic E-state index is 12.5. The summed E-state index contributed by atoms with van der Waals surface area (Å²) in [4.78, 5) is 12.1. The number of halogens is 1. The van der Waals surface area contributed by atoms with Crippen molar-refractivity contribution in [3.8, 4) is 5.75 Å². The third-order valence-electron chi connectivity index (χ3n) is 4.46. The number of rotatable bonds is 8. The first kappa shape index (κ1) is 22.7. The van der Waals surface area contributed by atoms with Gasteiger partial charge in [0.25, 0.3) is 15.9 Å².